The number of sulfonamides is 1. The highest BCUT2D eigenvalue weighted by Crippen LogP contribution is 2.23. The molecular formula is C13H22N2O4S. The summed E-state index contributed by atoms with van der Waals surface area (Å²) in [6.07, 6.45) is 0.839. The third-order valence-electron chi connectivity index (χ3n) is 3.38. The smallest absolute Gasteiger partial charge is 0.240 e. The second-order valence-electron chi connectivity index (χ2n) is 4.72. The van der Waals surface area contributed by atoms with Crippen LogP contribution in [-0.2, 0) is 10.0 Å². The first-order chi connectivity index (χ1) is 9.31. The average molecular weight is 302 g/mol. The molecule has 1 atom stereocenters. The summed E-state index contributed by atoms with van der Waals surface area (Å²) in [6.45, 7) is 3.86. The Hall–Kier alpha value is -1.31. The monoisotopic (exact) mass is 302 g/mol. The fourth-order valence-electron chi connectivity index (χ4n) is 1.98. The maximum absolute atomic E-state index is 12.0. The van der Waals surface area contributed by atoms with Gasteiger partial charge in [0.25, 0.3) is 0 Å². The standard InChI is InChI=1S/C13H22N2O4S/c1-3-9(4-2)13(17)8-15-20(18,19)10-5-6-12(16)11(14)7-10/h5-7,9,13,15-17H,3-4,8,14H2,1-2H3. The number of nitrogen functional groups attached to an aromatic ring is 1. The summed E-state index contributed by atoms with van der Waals surface area (Å²) in [6, 6.07) is 3.67. The molecule has 0 spiro atoms. The molecule has 0 heterocycles. The highest BCUT2D eigenvalue weighted by atomic mass is 32.2. The predicted molar refractivity (Wildman–Crippen MR) is 77.8 cm³/mol. The fourth-order valence-corrected chi connectivity index (χ4v) is 3.06. The zero-order valence-electron chi connectivity index (χ0n) is 11.7. The highest BCUT2D eigenvalue weighted by molar-refractivity contribution is 7.89. The lowest BCUT2D eigenvalue weighted by atomic mass is 9.97. The molecule has 0 amide bonds. The van der Waals surface area contributed by atoms with Crippen LogP contribution in [0.25, 0.3) is 0 Å². The van der Waals surface area contributed by atoms with Crippen LogP contribution in [0, 0.1) is 5.92 Å². The number of rotatable bonds is 7. The number of benzene rings is 1. The number of hydrogen-bond acceptors (Lipinski definition) is 5. The number of aliphatic hydroxyl groups is 1. The van der Waals surface area contributed by atoms with Gasteiger partial charge in [0.2, 0.25) is 10.0 Å². The van der Waals surface area contributed by atoms with E-state index in [1.807, 2.05) is 13.8 Å². The van der Waals surface area contributed by atoms with Crippen molar-refractivity contribution in [2.45, 2.75) is 37.7 Å². The number of nitrogens with one attached hydrogen (secondary N) is 1. The van der Waals surface area contributed by atoms with Crippen LogP contribution in [0.1, 0.15) is 26.7 Å². The Bertz CT molecular complexity index is 541. The van der Waals surface area contributed by atoms with Gasteiger partial charge in [-0.2, -0.15) is 0 Å². The van der Waals surface area contributed by atoms with Crippen molar-refractivity contribution in [3.63, 3.8) is 0 Å². The predicted octanol–water partition coefficient (Wildman–Crippen LogP) is 1.05. The van der Waals surface area contributed by atoms with Gasteiger partial charge in [0, 0.05) is 6.54 Å². The van der Waals surface area contributed by atoms with Gasteiger partial charge in [-0.05, 0) is 24.1 Å². The second-order valence-corrected chi connectivity index (χ2v) is 6.48. The molecule has 1 aromatic rings. The lowest BCUT2D eigenvalue weighted by Crippen LogP contribution is -2.36. The van der Waals surface area contributed by atoms with Gasteiger partial charge in [-0.1, -0.05) is 26.7 Å². The quantitative estimate of drug-likeness (QED) is 0.444. The van der Waals surface area contributed by atoms with E-state index in [0.29, 0.717) is 0 Å². The van der Waals surface area contributed by atoms with E-state index in [1.165, 1.54) is 18.2 Å². The highest BCUT2D eigenvalue weighted by Gasteiger charge is 2.20. The summed E-state index contributed by atoms with van der Waals surface area (Å²) >= 11 is 0. The summed E-state index contributed by atoms with van der Waals surface area (Å²) < 4.78 is 26.4. The zero-order chi connectivity index (χ0) is 15.3. The number of aliphatic hydroxyl groups excluding tert-OH is 1. The molecule has 114 valence electrons. The normalized spacial score (nSPS) is 13.6. The molecule has 5 N–H and O–H groups in total. The number of phenols is 1. The maximum Gasteiger partial charge on any atom is 0.240 e. The number of aromatic hydroxyl groups is 1. The maximum atomic E-state index is 12.0. The van der Waals surface area contributed by atoms with E-state index in [-0.39, 0.29) is 28.8 Å². The minimum absolute atomic E-state index is 0.00610. The molecule has 0 fully saturated rings. The molecule has 0 aliphatic heterocycles. The fraction of sp³-hybridized carbons (Fsp3) is 0.538. The Morgan fingerprint density at radius 1 is 1.30 bits per heavy atom. The minimum atomic E-state index is -3.75. The lowest BCUT2D eigenvalue weighted by molar-refractivity contribution is 0.107. The van der Waals surface area contributed by atoms with Crippen molar-refractivity contribution in [1.29, 1.82) is 0 Å². The third kappa shape index (κ3) is 4.09. The molecule has 6 nitrogen and oxygen atoms in total. The SMILES string of the molecule is CCC(CC)C(O)CNS(=O)(=O)c1ccc(O)c(N)c1. The molecule has 1 aromatic carbocycles. The van der Waals surface area contributed by atoms with Crippen LogP contribution >= 0.6 is 0 Å². The number of nitrogens with two attached hydrogens (primary N) is 1. The average Bonchev–Trinajstić information content (AvgIpc) is 2.41. The van der Waals surface area contributed by atoms with Gasteiger partial charge in [-0.15, -0.1) is 0 Å². The van der Waals surface area contributed by atoms with Crippen LogP contribution in [0.15, 0.2) is 23.1 Å². The molecule has 1 rings (SSSR count). The topological polar surface area (TPSA) is 113 Å². The summed E-state index contributed by atoms with van der Waals surface area (Å²) in [7, 11) is -3.75. The third-order valence-corrected chi connectivity index (χ3v) is 4.81. The Labute approximate surface area is 119 Å². The first-order valence-electron chi connectivity index (χ1n) is 6.58. The van der Waals surface area contributed by atoms with Crippen LogP contribution in [-0.4, -0.2) is 31.3 Å². The van der Waals surface area contributed by atoms with E-state index in [1.54, 1.807) is 0 Å². The first kappa shape index (κ1) is 16.7. The van der Waals surface area contributed by atoms with Gasteiger partial charge in [0.05, 0.1) is 16.7 Å². The minimum Gasteiger partial charge on any atom is -0.506 e. The first-order valence-corrected chi connectivity index (χ1v) is 8.06. The molecule has 0 radical (unpaired) electrons. The Kier molecular flexibility index (Phi) is 5.79. The van der Waals surface area contributed by atoms with E-state index in [9.17, 15) is 18.6 Å². The van der Waals surface area contributed by atoms with Crippen LogP contribution < -0.4 is 10.5 Å². The van der Waals surface area contributed by atoms with Crippen molar-refractivity contribution in [3.05, 3.63) is 18.2 Å². The van der Waals surface area contributed by atoms with Gasteiger partial charge in [-0.25, -0.2) is 13.1 Å². The molecule has 0 aromatic heterocycles. The Morgan fingerprint density at radius 2 is 1.90 bits per heavy atom. The van der Waals surface area contributed by atoms with Gasteiger partial charge >= 0.3 is 0 Å². The Morgan fingerprint density at radius 3 is 2.40 bits per heavy atom. The van der Waals surface area contributed by atoms with Crippen LogP contribution in [0.2, 0.25) is 0 Å². The number of anilines is 1. The molecule has 7 heteroatoms. The van der Waals surface area contributed by atoms with E-state index >= 15 is 0 Å². The van der Waals surface area contributed by atoms with E-state index in [4.69, 9.17) is 5.73 Å². The van der Waals surface area contributed by atoms with Crippen molar-refractivity contribution in [2.24, 2.45) is 5.92 Å². The molecule has 0 bridgehead atoms. The van der Waals surface area contributed by atoms with Gasteiger partial charge in [-0.3, -0.25) is 0 Å². The van der Waals surface area contributed by atoms with Crippen LogP contribution in [0.4, 0.5) is 5.69 Å². The molecule has 0 saturated carbocycles. The van der Waals surface area contributed by atoms with Crippen molar-refractivity contribution >= 4 is 15.7 Å². The Balaban J connectivity index is 2.77. The summed E-state index contributed by atoms with van der Waals surface area (Å²) in [5, 5.41) is 19.2. The van der Waals surface area contributed by atoms with Crippen molar-refractivity contribution in [3.8, 4) is 5.75 Å². The molecule has 0 aliphatic rings. The van der Waals surface area contributed by atoms with E-state index in [2.05, 4.69) is 4.72 Å². The van der Waals surface area contributed by atoms with Crippen molar-refractivity contribution < 1.29 is 18.6 Å². The summed E-state index contributed by atoms with van der Waals surface area (Å²) in [5.74, 6) is -0.108. The van der Waals surface area contributed by atoms with Crippen molar-refractivity contribution in [1.82, 2.24) is 4.72 Å². The van der Waals surface area contributed by atoms with Gasteiger partial charge in [0.1, 0.15) is 5.75 Å². The summed E-state index contributed by atoms with van der Waals surface area (Å²) in [5.41, 5.74) is 5.47. The van der Waals surface area contributed by atoms with Gasteiger partial charge in [0.15, 0.2) is 0 Å². The van der Waals surface area contributed by atoms with Crippen LogP contribution in [0.3, 0.4) is 0 Å². The van der Waals surface area contributed by atoms with Crippen LogP contribution in [0.5, 0.6) is 5.75 Å². The molecule has 0 aliphatic carbocycles. The molecule has 0 saturated heterocycles. The van der Waals surface area contributed by atoms with Gasteiger partial charge < -0.3 is 15.9 Å². The largest absolute Gasteiger partial charge is 0.506 e. The second kappa shape index (κ2) is 6.92. The molecule has 1 unspecified atom stereocenters. The lowest BCUT2D eigenvalue weighted by Gasteiger charge is -2.20. The van der Waals surface area contributed by atoms with E-state index < -0.39 is 16.1 Å². The summed E-state index contributed by atoms with van der Waals surface area (Å²) in [4.78, 5) is -0.0375. The molecular weight excluding hydrogens is 280 g/mol. The zero-order valence-corrected chi connectivity index (χ0v) is 12.5. The number of hydrogen-bond donors (Lipinski definition) is 4. The molecule has 20 heavy (non-hydrogen) atoms. The van der Waals surface area contributed by atoms with E-state index in [0.717, 1.165) is 12.8 Å². The number of phenolic OH excluding ortho intramolecular Hbond substituents is 1. The van der Waals surface area contributed by atoms with Crippen molar-refractivity contribution in [2.75, 3.05) is 12.3 Å².